The molecular weight excluding hydrogens is 124 g/mol. The largest absolute Gasteiger partial charge is 0.506 e. The van der Waals surface area contributed by atoms with Gasteiger partial charge < -0.3 is 5.11 Å². The lowest BCUT2D eigenvalue weighted by Gasteiger charge is -1.89. The van der Waals surface area contributed by atoms with Crippen LogP contribution in [0, 0.1) is 0 Å². The summed E-state index contributed by atoms with van der Waals surface area (Å²) in [5.41, 5.74) is 0. The first kappa shape index (κ1) is 7.31. The molecule has 0 aromatic rings. The lowest BCUT2D eigenvalue weighted by atomic mass is 10.4. The Bertz CT molecular complexity index is 135. The fourth-order valence-corrected chi connectivity index (χ4v) is 0.265. The number of allylic oxidation sites excluding steroid dienone is 3. The molecule has 0 unspecified atom stereocenters. The van der Waals surface area contributed by atoms with Gasteiger partial charge in [-0.1, -0.05) is 30.8 Å². The van der Waals surface area contributed by atoms with E-state index >= 15 is 0 Å². The minimum atomic E-state index is -0.0401. The summed E-state index contributed by atoms with van der Waals surface area (Å²) in [7, 11) is 0. The maximum absolute atomic E-state index is 8.68. The summed E-state index contributed by atoms with van der Waals surface area (Å²) in [4.78, 5) is 0. The molecule has 1 nitrogen and oxygen atoms in total. The van der Waals surface area contributed by atoms with Crippen molar-refractivity contribution in [2.45, 2.75) is 0 Å². The Kier molecular flexibility index (Phi) is 3.04. The first-order valence-corrected chi connectivity index (χ1v) is 2.42. The average Bonchev–Trinajstić information content (AvgIpc) is 1.67. The summed E-state index contributed by atoms with van der Waals surface area (Å²) >= 11 is 5.25. The standard InChI is InChI=1S/C6H7ClO/c1-3-4-6(8)5(2)7/h3-4,8H,1-2H2/b6-4+. The molecule has 0 aliphatic carbocycles. The summed E-state index contributed by atoms with van der Waals surface area (Å²) in [6.07, 6.45) is 2.80. The number of aliphatic hydroxyl groups excluding tert-OH is 1. The smallest absolute Gasteiger partial charge is 0.133 e. The van der Waals surface area contributed by atoms with Gasteiger partial charge in [-0.15, -0.1) is 0 Å². The molecule has 1 N–H and O–H groups in total. The van der Waals surface area contributed by atoms with E-state index in [9.17, 15) is 0 Å². The Labute approximate surface area is 53.6 Å². The van der Waals surface area contributed by atoms with Crippen LogP contribution >= 0.6 is 11.6 Å². The molecule has 0 aliphatic rings. The Morgan fingerprint density at radius 3 is 2.25 bits per heavy atom. The van der Waals surface area contributed by atoms with E-state index in [4.69, 9.17) is 16.7 Å². The third-order valence-electron chi connectivity index (χ3n) is 0.554. The number of hydrogen-bond acceptors (Lipinski definition) is 1. The van der Waals surface area contributed by atoms with Crippen molar-refractivity contribution in [3.63, 3.8) is 0 Å². The quantitative estimate of drug-likeness (QED) is 0.450. The molecule has 0 saturated carbocycles. The zero-order chi connectivity index (χ0) is 6.57. The molecule has 8 heavy (non-hydrogen) atoms. The Hall–Kier alpha value is -0.690. The molecule has 0 fully saturated rings. The lowest BCUT2D eigenvalue weighted by Crippen LogP contribution is -1.74. The summed E-state index contributed by atoms with van der Waals surface area (Å²) in [5, 5.41) is 8.81. The minimum absolute atomic E-state index is 0.0401. The van der Waals surface area contributed by atoms with Crippen LogP contribution in [0.2, 0.25) is 0 Å². The van der Waals surface area contributed by atoms with Gasteiger partial charge in [0.2, 0.25) is 0 Å². The molecule has 0 bridgehead atoms. The van der Waals surface area contributed by atoms with E-state index in [-0.39, 0.29) is 10.8 Å². The SMILES string of the molecule is C=C/C=C(/O)C(=C)Cl. The van der Waals surface area contributed by atoms with Crippen molar-refractivity contribution < 1.29 is 5.11 Å². The summed E-state index contributed by atoms with van der Waals surface area (Å²) in [6, 6.07) is 0. The molecule has 0 aromatic heterocycles. The van der Waals surface area contributed by atoms with Crippen LogP contribution in [0.3, 0.4) is 0 Å². The van der Waals surface area contributed by atoms with Gasteiger partial charge in [0, 0.05) is 0 Å². The lowest BCUT2D eigenvalue weighted by molar-refractivity contribution is 0.430. The highest BCUT2D eigenvalue weighted by molar-refractivity contribution is 6.31. The fraction of sp³-hybridized carbons (Fsp3) is 0. The van der Waals surface area contributed by atoms with Crippen LogP contribution in [0.15, 0.2) is 36.1 Å². The van der Waals surface area contributed by atoms with Crippen LogP contribution in [-0.4, -0.2) is 5.11 Å². The van der Waals surface area contributed by atoms with Gasteiger partial charge in [0.05, 0.1) is 5.03 Å². The predicted octanol–water partition coefficient (Wildman–Crippen LogP) is 2.37. The predicted molar refractivity (Wildman–Crippen MR) is 35.9 cm³/mol. The second kappa shape index (κ2) is 3.33. The molecule has 44 valence electrons. The van der Waals surface area contributed by atoms with Crippen molar-refractivity contribution in [2.75, 3.05) is 0 Å². The first-order chi connectivity index (χ1) is 3.68. The van der Waals surface area contributed by atoms with Crippen LogP contribution in [0.5, 0.6) is 0 Å². The molecule has 2 heteroatoms. The zero-order valence-corrected chi connectivity index (χ0v) is 5.15. The third-order valence-corrected chi connectivity index (χ3v) is 0.747. The van der Waals surface area contributed by atoms with Crippen LogP contribution in [0.4, 0.5) is 0 Å². The fourth-order valence-electron chi connectivity index (χ4n) is 0.202. The van der Waals surface area contributed by atoms with Crippen LogP contribution in [-0.2, 0) is 0 Å². The van der Waals surface area contributed by atoms with Crippen molar-refractivity contribution in [2.24, 2.45) is 0 Å². The molecule has 0 radical (unpaired) electrons. The maximum atomic E-state index is 8.68. The van der Waals surface area contributed by atoms with Crippen molar-refractivity contribution in [3.8, 4) is 0 Å². The number of halogens is 1. The summed E-state index contributed by atoms with van der Waals surface area (Å²) < 4.78 is 0. The van der Waals surface area contributed by atoms with E-state index < -0.39 is 0 Å². The molecule has 0 heterocycles. The van der Waals surface area contributed by atoms with Gasteiger partial charge in [-0.05, 0) is 6.08 Å². The topological polar surface area (TPSA) is 20.2 Å². The van der Waals surface area contributed by atoms with Crippen LogP contribution < -0.4 is 0 Å². The number of rotatable bonds is 2. The average molecular weight is 131 g/mol. The van der Waals surface area contributed by atoms with Crippen molar-refractivity contribution in [1.82, 2.24) is 0 Å². The van der Waals surface area contributed by atoms with E-state index in [1.165, 1.54) is 12.2 Å². The Morgan fingerprint density at radius 2 is 2.12 bits per heavy atom. The molecule has 0 rings (SSSR count). The molecule has 0 aliphatic heterocycles. The Morgan fingerprint density at radius 1 is 1.62 bits per heavy atom. The van der Waals surface area contributed by atoms with E-state index in [0.29, 0.717) is 0 Å². The van der Waals surface area contributed by atoms with Gasteiger partial charge in [-0.3, -0.25) is 0 Å². The molecular formula is C6H7ClO. The Balaban J connectivity index is 3.99. The second-order valence-electron chi connectivity index (χ2n) is 1.19. The van der Waals surface area contributed by atoms with Gasteiger partial charge in [-0.25, -0.2) is 0 Å². The van der Waals surface area contributed by atoms with Crippen molar-refractivity contribution in [1.29, 1.82) is 0 Å². The molecule has 0 atom stereocenters. The molecule has 0 aromatic carbocycles. The number of hydrogen-bond donors (Lipinski definition) is 1. The van der Waals surface area contributed by atoms with Crippen molar-refractivity contribution >= 4 is 11.6 Å². The third kappa shape index (κ3) is 2.48. The summed E-state index contributed by atoms with van der Waals surface area (Å²) in [6.45, 7) is 6.62. The van der Waals surface area contributed by atoms with Crippen LogP contribution in [0.1, 0.15) is 0 Å². The summed E-state index contributed by atoms with van der Waals surface area (Å²) in [5.74, 6) is -0.0401. The van der Waals surface area contributed by atoms with Gasteiger partial charge in [0.1, 0.15) is 5.76 Å². The van der Waals surface area contributed by atoms with E-state index in [1.807, 2.05) is 0 Å². The van der Waals surface area contributed by atoms with Gasteiger partial charge in [-0.2, -0.15) is 0 Å². The van der Waals surface area contributed by atoms with Crippen molar-refractivity contribution in [3.05, 3.63) is 36.1 Å². The van der Waals surface area contributed by atoms with E-state index in [1.54, 1.807) is 0 Å². The van der Waals surface area contributed by atoms with Gasteiger partial charge in [0.15, 0.2) is 0 Å². The highest BCUT2D eigenvalue weighted by Gasteiger charge is 1.89. The van der Waals surface area contributed by atoms with E-state index in [0.717, 1.165) is 0 Å². The van der Waals surface area contributed by atoms with E-state index in [2.05, 4.69) is 13.2 Å². The first-order valence-electron chi connectivity index (χ1n) is 2.05. The highest BCUT2D eigenvalue weighted by Crippen LogP contribution is 2.06. The highest BCUT2D eigenvalue weighted by atomic mass is 35.5. The minimum Gasteiger partial charge on any atom is -0.506 e. The molecule has 0 spiro atoms. The zero-order valence-electron chi connectivity index (χ0n) is 4.39. The van der Waals surface area contributed by atoms with Gasteiger partial charge >= 0.3 is 0 Å². The molecule has 0 saturated heterocycles. The number of aliphatic hydroxyl groups is 1. The second-order valence-corrected chi connectivity index (χ2v) is 1.65. The molecule has 0 amide bonds. The normalized spacial score (nSPS) is 10.9. The maximum Gasteiger partial charge on any atom is 0.133 e. The van der Waals surface area contributed by atoms with Crippen LogP contribution in [0.25, 0.3) is 0 Å². The monoisotopic (exact) mass is 130 g/mol. The van der Waals surface area contributed by atoms with Gasteiger partial charge in [0.25, 0.3) is 0 Å².